The van der Waals surface area contributed by atoms with Crippen molar-refractivity contribution in [1.29, 1.82) is 0 Å². The van der Waals surface area contributed by atoms with Gasteiger partial charge in [0.25, 0.3) is 0 Å². The molecule has 0 unspecified atom stereocenters. The highest BCUT2D eigenvalue weighted by atomic mass is 35.5. The predicted molar refractivity (Wildman–Crippen MR) is 75.1 cm³/mol. The Morgan fingerprint density at radius 3 is 2.89 bits per heavy atom. The Hall–Kier alpha value is -1.46. The van der Waals surface area contributed by atoms with Crippen molar-refractivity contribution in [3.8, 4) is 5.75 Å². The fourth-order valence-electron chi connectivity index (χ4n) is 1.83. The van der Waals surface area contributed by atoms with E-state index in [9.17, 15) is 0 Å². The van der Waals surface area contributed by atoms with E-state index in [-0.39, 0.29) is 5.84 Å². The molecule has 2 rings (SSSR count). The smallest absolute Gasteiger partial charge is 0.170 e. The summed E-state index contributed by atoms with van der Waals surface area (Å²) in [4.78, 5) is 2.29. The molecule has 0 saturated heterocycles. The second kappa shape index (κ2) is 6.12. The summed E-state index contributed by atoms with van der Waals surface area (Å²) in [6.07, 6.45) is 2.57. The van der Waals surface area contributed by atoms with Crippen molar-refractivity contribution in [2.24, 2.45) is 10.9 Å². The Kier molecular flexibility index (Phi) is 4.50. The SMILES string of the molecule is CN(CCOc1ccc(/C(N)=N/O)cc1Cl)C1CC1. The molecule has 0 aliphatic heterocycles. The number of rotatable bonds is 6. The van der Waals surface area contributed by atoms with Gasteiger partial charge in [-0.25, -0.2) is 0 Å². The van der Waals surface area contributed by atoms with Crippen molar-refractivity contribution < 1.29 is 9.94 Å². The number of ether oxygens (including phenoxy) is 1. The summed E-state index contributed by atoms with van der Waals surface area (Å²) in [6.45, 7) is 1.47. The second-order valence-corrected chi connectivity index (χ2v) is 5.10. The minimum absolute atomic E-state index is 0.0296. The largest absolute Gasteiger partial charge is 0.491 e. The van der Waals surface area contributed by atoms with Gasteiger partial charge in [0.15, 0.2) is 5.84 Å². The fourth-order valence-corrected chi connectivity index (χ4v) is 2.07. The van der Waals surface area contributed by atoms with Crippen LogP contribution in [0.15, 0.2) is 23.4 Å². The Bertz CT molecular complexity index is 475. The average molecular weight is 284 g/mol. The first-order valence-corrected chi connectivity index (χ1v) is 6.60. The molecule has 1 aliphatic carbocycles. The average Bonchev–Trinajstić information content (AvgIpc) is 3.23. The summed E-state index contributed by atoms with van der Waals surface area (Å²) >= 11 is 6.09. The summed E-state index contributed by atoms with van der Waals surface area (Å²) in [7, 11) is 2.10. The summed E-state index contributed by atoms with van der Waals surface area (Å²) in [5.74, 6) is 0.641. The van der Waals surface area contributed by atoms with Gasteiger partial charge in [-0.3, -0.25) is 0 Å². The molecular formula is C13H18ClN3O2. The molecule has 1 fully saturated rings. The number of hydrogen-bond donors (Lipinski definition) is 2. The molecule has 19 heavy (non-hydrogen) atoms. The standard InChI is InChI=1S/C13H18ClN3O2/c1-17(10-3-4-10)6-7-19-12-5-2-9(8-11(12)14)13(15)16-18/h2,5,8,10,18H,3-4,6-7H2,1H3,(H2,15,16). The molecule has 3 N–H and O–H groups in total. The van der Waals surface area contributed by atoms with E-state index >= 15 is 0 Å². The normalized spacial score (nSPS) is 15.8. The van der Waals surface area contributed by atoms with Gasteiger partial charge in [0.1, 0.15) is 12.4 Å². The Morgan fingerprint density at radius 1 is 1.58 bits per heavy atom. The van der Waals surface area contributed by atoms with Crippen LogP contribution >= 0.6 is 11.6 Å². The Balaban J connectivity index is 1.89. The third kappa shape index (κ3) is 3.75. The van der Waals surface area contributed by atoms with Crippen molar-refractivity contribution in [2.75, 3.05) is 20.2 Å². The van der Waals surface area contributed by atoms with Crippen LogP contribution in [0, 0.1) is 0 Å². The number of nitrogens with zero attached hydrogens (tertiary/aromatic N) is 2. The topological polar surface area (TPSA) is 71.1 Å². The lowest BCUT2D eigenvalue weighted by Gasteiger charge is -2.16. The molecule has 0 bridgehead atoms. The van der Waals surface area contributed by atoms with E-state index in [0.717, 1.165) is 12.6 Å². The van der Waals surface area contributed by atoms with Crippen molar-refractivity contribution in [3.05, 3.63) is 28.8 Å². The highest BCUT2D eigenvalue weighted by molar-refractivity contribution is 6.32. The van der Waals surface area contributed by atoms with Gasteiger partial charge < -0.3 is 20.6 Å². The van der Waals surface area contributed by atoms with E-state index in [2.05, 4.69) is 17.1 Å². The molecule has 1 aromatic carbocycles. The minimum Gasteiger partial charge on any atom is -0.491 e. The minimum atomic E-state index is 0.0296. The van der Waals surface area contributed by atoms with Gasteiger partial charge in [-0.2, -0.15) is 0 Å². The highest BCUT2D eigenvalue weighted by Crippen LogP contribution is 2.27. The quantitative estimate of drug-likeness (QED) is 0.362. The first-order valence-electron chi connectivity index (χ1n) is 6.22. The molecule has 1 aromatic rings. The maximum Gasteiger partial charge on any atom is 0.170 e. The zero-order valence-corrected chi connectivity index (χ0v) is 11.6. The third-order valence-corrected chi connectivity index (χ3v) is 3.50. The zero-order chi connectivity index (χ0) is 13.8. The van der Waals surface area contributed by atoms with Crippen molar-refractivity contribution in [3.63, 3.8) is 0 Å². The first-order chi connectivity index (χ1) is 9.11. The van der Waals surface area contributed by atoms with Crippen molar-refractivity contribution >= 4 is 17.4 Å². The van der Waals surface area contributed by atoms with Crippen molar-refractivity contribution in [2.45, 2.75) is 18.9 Å². The molecule has 0 radical (unpaired) electrons. The first kappa shape index (κ1) is 14.0. The Labute approximate surface area is 117 Å². The third-order valence-electron chi connectivity index (χ3n) is 3.21. The molecule has 0 spiro atoms. The van der Waals surface area contributed by atoms with Gasteiger partial charge >= 0.3 is 0 Å². The number of oxime groups is 1. The van der Waals surface area contributed by atoms with Crippen molar-refractivity contribution in [1.82, 2.24) is 4.90 Å². The van der Waals surface area contributed by atoms with Crippen LogP contribution in [0.4, 0.5) is 0 Å². The number of benzene rings is 1. The van der Waals surface area contributed by atoms with Gasteiger partial charge in [-0.05, 0) is 38.1 Å². The predicted octanol–water partition coefficient (Wildman–Crippen LogP) is 1.91. The molecule has 0 amide bonds. The lowest BCUT2D eigenvalue weighted by Crippen LogP contribution is -2.26. The lowest BCUT2D eigenvalue weighted by molar-refractivity contribution is 0.232. The second-order valence-electron chi connectivity index (χ2n) is 4.69. The van der Waals surface area contributed by atoms with E-state index < -0.39 is 0 Å². The van der Waals surface area contributed by atoms with Crippen LogP contribution in [0.5, 0.6) is 5.75 Å². The summed E-state index contributed by atoms with van der Waals surface area (Å²) < 4.78 is 5.64. The van der Waals surface area contributed by atoms with Crippen LogP contribution < -0.4 is 10.5 Å². The maximum absolute atomic E-state index is 8.59. The molecule has 1 saturated carbocycles. The molecule has 1 aliphatic rings. The summed E-state index contributed by atoms with van der Waals surface area (Å²) in [6, 6.07) is 5.78. The zero-order valence-electron chi connectivity index (χ0n) is 10.8. The number of hydrogen-bond acceptors (Lipinski definition) is 4. The molecule has 5 nitrogen and oxygen atoms in total. The van der Waals surface area contributed by atoms with E-state index in [1.54, 1.807) is 18.2 Å². The van der Waals surface area contributed by atoms with Crippen LogP contribution in [0.2, 0.25) is 5.02 Å². The number of likely N-dealkylation sites (N-methyl/N-ethyl adjacent to an activating group) is 1. The van der Waals surface area contributed by atoms with E-state index in [0.29, 0.717) is 22.9 Å². The van der Waals surface area contributed by atoms with Gasteiger partial charge in [-0.1, -0.05) is 16.8 Å². The summed E-state index contributed by atoms with van der Waals surface area (Å²) in [5.41, 5.74) is 6.05. The van der Waals surface area contributed by atoms with Crippen LogP contribution in [0.1, 0.15) is 18.4 Å². The highest BCUT2D eigenvalue weighted by Gasteiger charge is 2.25. The molecule has 6 heteroatoms. The van der Waals surface area contributed by atoms with Gasteiger partial charge in [0, 0.05) is 18.2 Å². The molecule has 0 heterocycles. The number of nitrogens with two attached hydrogens (primary N) is 1. The van der Waals surface area contributed by atoms with Crippen LogP contribution in [-0.4, -0.2) is 42.2 Å². The summed E-state index contributed by atoms with van der Waals surface area (Å²) in [5, 5.41) is 12.0. The maximum atomic E-state index is 8.59. The Morgan fingerprint density at radius 2 is 2.32 bits per heavy atom. The van der Waals surface area contributed by atoms with E-state index in [1.165, 1.54) is 12.8 Å². The fraction of sp³-hybridized carbons (Fsp3) is 0.462. The molecule has 0 aromatic heterocycles. The van der Waals surface area contributed by atoms with E-state index in [4.69, 9.17) is 27.3 Å². The molecular weight excluding hydrogens is 266 g/mol. The van der Waals surface area contributed by atoms with Crippen LogP contribution in [0.25, 0.3) is 0 Å². The van der Waals surface area contributed by atoms with Gasteiger partial charge in [-0.15, -0.1) is 0 Å². The lowest BCUT2D eigenvalue weighted by atomic mass is 10.2. The van der Waals surface area contributed by atoms with Gasteiger partial charge in [0.05, 0.1) is 5.02 Å². The van der Waals surface area contributed by atoms with E-state index in [1.807, 2.05) is 0 Å². The van der Waals surface area contributed by atoms with Crippen LogP contribution in [0.3, 0.4) is 0 Å². The van der Waals surface area contributed by atoms with Crippen LogP contribution in [-0.2, 0) is 0 Å². The monoisotopic (exact) mass is 283 g/mol. The number of halogens is 1. The number of amidine groups is 1. The molecule has 104 valence electrons. The van der Waals surface area contributed by atoms with Gasteiger partial charge in [0.2, 0.25) is 0 Å². The molecule has 0 atom stereocenters.